The van der Waals surface area contributed by atoms with Gasteiger partial charge in [-0.1, -0.05) is 6.58 Å². The average Bonchev–Trinajstić information content (AvgIpc) is 2.74. The van der Waals surface area contributed by atoms with Gasteiger partial charge in [-0.15, -0.1) is 0 Å². The molecule has 2 heteroatoms. The van der Waals surface area contributed by atoms with E-state index in [0.717, 1.165) is 12.5 Å². The van der Waals surface area contributed by atoms with Gasteiger partial charge in [-0.3, -0.25) is 4.79 Å². The van der Waals surface area contributed by atoms with Gasteiger partial charge in [0.2, 0.25) is 5.91 Å². The molecule has 0 heterocycles. The summed E-state index contributed by atoms with van der Waals surface area (Å²) in [6.07, 6.45) is 8.08. The summed E-state index contributed by atoms with van der Waals surface area (Å²) in [6.45, 7) is 4.32. The van der Waals surface area contributed by atoms with Crippen LogP contribution in [0.25, 0.3) is 0 Å². The Labute approximate surface area is 79.4 Å². The SMILES string of the molecule is C=CC(=O)NCC12CCC(CC1)C2. The molecule has 0 spiro atoms. The molecule has 72 valence electrons. The van der Waals surface area contributed by atoms with Crippen molar-refractivity contribution >= 4 is 5.91 Å². The van der Waals surface area contributed by atoms with E-state index in [4.69, 9.17) is 0 Å². The lowest BCUT2D eigenvalue weighted by atomic mass is 9.84. The molecule has 0 aromatic rings. The number of carbonyl (C=O) groups is 1. The first kappa shape index (κ1) is 8.79. The molecule has 0 unspecified atom stereocenters. The highest BCUT2D eigenvalue weighted by Crippen LogP contribution is 2.53. The smallest absolute Gasteiger partial charge is 0.243 e. The zero-order valence-electron chi connectivity index (χ0n) is 8.01. The van der Waals surface area contributed by atoms with E-state index in [1.54, 1.807) is 0 Å². The predicted octanol–water partition coefficient (Wildman–Crippen LogP) is 1.87. The molecule has 13 heavy (non-hydrogen) atoms. The molecule has 2 bridgehead atoms. The fraction of sp³-hybridized carbons (Fsp3) is 0.727. The van der Waals surface area contributed by atoms with Crippen LogP contribution in [0, 0.1) is 11.3 Å². The van der Waals surface area contributed by atoms with Crippen molar-refractivity contribution in [2.45, 2.75) is 32.1 Å². The van der Waals surface area contributed by atoms with Crippen LogP contribution in [0.1, 0.15) is 32.1 Å². The molecular formula is C11H17NO. The number of rotatable bonds is 3. The molecule has 2 saturated carbocycles. The standard InChI is InChI=1S/C11H17NO/c1-2-10(13)12-8-11-5-3-9(7-11)4-6-11/h2,9H,1,3-8H2,(H,12,13). The van der Waals surface area contributed by atoms with Crippen molar-refractivity contribution in [3.63, 3.8) is 0 Å². The maximum atomic E-state index is 11.0. The Hall–Kier alpha value is -0.790. The predicted molar refractivity (Wildman–Crippen MR) is 52.2 cm³/mol. The van der Waals surface area contributed by atoms with Crippen LogP contribution in [0.5, 0.6) is 0 Å². The highest BCUT2D eigenvalue weighted by atomic mass is 16.1. The van der Waals surface area contributed by atoms with Crippen LogP contribution in [-0.2, 0) is 4.79 Å². The molecule has 2 aliphatic rings. The quantitative estimate of drug-likeness (QED) is 0.658. The Bertz CT molecular complexity index is 226. The van der Waals surface area contributed by atoms with Crippen molar-refractivity contribution in [2.75, 3.05) is 6.54 Å². The van der Waals surface area contributed by atoms with Crippen LogP contribution in [0.15, 0.2) is 12.7 Å². The summed E-state index contributed by atoms with van der Waals surface area (Å²) in [4.78, 5) is 11.0. The zero-order chi connectivity index (χ0) is 9.31. The van der Waals surface area contributed by atoms with E-state index < -0.39 is 0 Å². The zero-order valence-corrected chi connectivity index (χ0v) is 8.01. The van der Waals surface area contributed by atoms with Crippen LogP contribution < -0.4 is 5.32 Å². The van der Waals surface area contributed by atoms with E-state index in [1.807, 2.05) is 0 Å². The van der Waals surface area contributed by atoms with Gasteiger partial charge in [0.05, 0.1) is 0 Å². The second-order valence-corrected chi connectivity index (χ2v) is 4.57. The summed E-state index contributed by atoms with van der Waals surface area (Å²) >= 11 is 0. The molecule has 0 aromatic carbocycles. The third-order valence-electron chi connectivity index (χ3n) is 3.71. The fourth-order valence-electron chi connectivity index (χ4n) is 2.91. The van der Waals surface area contributed by atoms with Crippen molar-refractivity contribution in [1.29, 1.82) is 0 Å². The minimum Gasteiger partial charge on any atom is -0.352 e. The second kappa shape index (κ2) is 3.17. The molecule has 0 radical (unpaired) electrons. The Morgan fingerprint density at radius 1 is 1.54 bits per heavy atom. The first-order valence-corrected chi connectivity index (χ1v) is 5.14. The summed E-state index contributed by atoms with van der Waals surface area (Å²) in [5, 5.41) is 2.94. The first-order valence-electron chi connectivity index (χ1n) is 5.14. The van der Waals surface area contributed by atoms with E-state index in [-0.39, 0.29) is 5.91 Å². The van der Waals surface area contributed by atoms with E-state index >= 15 is 0 Å². The Balaban J connectivity index is 1.87. The van der Waals surface area contributed by atoms with E-state index in [9.17, 15) is 4.79 Å². The Kier molecular flexibility index (Phi) is 2.14. The normalized spacial score (nSPS) is 36.2. The highest BCUT2D eigenvalue weighted by molar-refractivity contribution is 5.86. The topological polar surface area (TPSA) is 29.1 Å². The molecule has 0 atom stereocenters. The summed E-state index contributed by atoms with van der Waals surface area (Å²) in [5.74, 6) is 0.936. The van der Waals surface area contributed by atoms with Crippen LogP contribution >= 0.6 is 0 Å². The van der Waals surface area contributed by atoms with Gasteiger partial charge in [0.15, 0.2) is 0 Å². The summed E-state index contributed by atoms with van der Waals surface area (Å²) in [5.41, 5.74) is 0.462. The van der Waals surface area contributed by atoms with Crippen LogP contribution in [0.4, 0.5) is 0 Å². The molecule has 1 amide bonds. The van der Waals surface area contributed by atoms with E-state index in [2.05, 4.69) is 11.9 Å². The summed E-state index contributed by atoms with van der Waals surface area (Å²) < 4.78 is 0. The van der Waals surface area contributed by atoms with Gasteiger partial charge in [0.25, 0.3) is 0 Å². The fourth-order valence-corrected chi connectivity index (χ4v) is 2.91. The van der Waals surface area contributed by atoms with Crippen LogP contribution in [-0.4, -0.2) is 12.5 Å². The lowest BCUT2D eigenvalue weighted by Crippen LogP contribution is -2.33. The lowest BCUT2D eigenvalue weighted by molar-refractivity contribution is -0.117. The summed E-state index contributed by atoms with van der Waals surface area (Å²) in [6, 6.07) is 0. The van der Waals surface area contributed by atoms with E-state index in [1.165, 1.54) is 38.2 Å². The van der Waals surface area contributed by atoms with Crippen LogP contribution in [0.3, 0.4) is 0 Å². The Morgan fingerprint density at radius 3 is 2.69 bits per heavy atom. The highest BCUT2D eigenvalue weighted by Gasteiger charge is 2.44. The largest absolute Gasteiger partial charge is 0.352 e. The van der Waals surface area contributed by atoms with Gasteiger partial charge in [-0.2, -0.15) is 0 Å². The van der Waals surface area contributed by atoms with Crippen molar-refractivity contribution in [3.05, 3.63) is 12.7 Å². The monoisotopic (exact) mass is 179 g/mol. The molecule has 2 nitrogen and oxygen atoms in total. The molecule has 0 saturated heterocycles. The molecule has 2 aliphatic carbocycles. The maximum Gasteiger partial charge on any atom is 0.243 e. The van der Waals surface area contributed by atoms with Gasteiger partial charge < -0.3 is 5.32 Å². The third-order valence-corrected chi connectivity index (χ3v) is 3.71. The van der Waals surface area contributed by atoms with Gasteiger partial charge in [0, 0.05) is 6.54 Å². The molecule has 0 aromatic heterocycles. The second-order valence-electron chi connectivity index (χ2n) is 4.57. The number of hydrogen-bond donors (Lipinski definition) is 1. The first-order chi connectivity index (χ1) is 6.24. The Morgan fingerprint density at radius 2 is 2.23 bits per heavy atom. The van der Waals surface area contributed by atoms with Crippen molar-refractivity contribution in [3.8, 4) is 0 Å². The van der Waals surface area contributed by atoms with Crippen molar-refractivity contribution < 1.29 is 4.79 Å². The number of nitrogens with one attached hydrogen (secondary N) is 1. The number of fused-ring (bicyclic) bond motifs is 2. The number of amides is 1. The van der Waals surface area contributed by atoms with Gasteiger partial charge in [0.1, 0.15) is 0 Å². The van der Waals surface area contributed by atoms with Crippen molar-refractivity contribution in [1.82, 2.24) is 5.32 Å². The number of carbonyl (C=O) groups excluding carboxylic acids is 1. The average molecular weight is 179 g/mol. The van der Waals surface area contributed by atoms with Gasteiger partial charge in [-0.25, -0.2) is 0 Å². The third kappa shape index (κ3) is 1.62. The molecule has 0 aliphatic heterocycles. The molecule has 2 rings (SSSR count). The van der Waals surface area contributed by atoms with Crippen molar-refractivity contribution in [2.24, 2.45) is 11.3 Å². The molecule has 1 N–H and O–H groups in total. The summed E-state index contributed by atoms with van der Waals surface area (Å²) in [7, 11) is 0. The maximum absolute atomic E-state index is 11.0. The minimum absolute atomic E-state index is 0.0234. The van der Waals surface area contributed by atoms with Crippen LogP contribution in [0.2, 0.25) is 0 Å². The molecule has 2 fully saturated rings. The van der Waals surface area contributed by atoms with Gasteiger partial charge >= 0.3 is 0 Å². The minimum atomic E-state index is -0.0234. The van der Waals surface area contributed by atoms with E-state index in [0.29, 0.717) is 5.41 Å². The lowest BCUT2D eigenvalue weighted by Gasteiger charge is -2.26. The number of hydrogen-bond acceptors (Lipinski definition) is 1. The molecular weight excluding hydrogens is 162 g/mol. The van der Waals surface area contributed by atoms with Gasteiger partial charge in [-0.05, 0) is 49.5 Å².